The summed E-state index contributed by atoms with van der Waals surface area (Å²) in [6.45, 7) is 6.51. The number of aromatic nitrogens is 3. The SMILES string of the molecule is C=C1COc2ccc(Br)cc2-c2nc(SCC)nn21. The van der Waals surface area contributed by atoms with Gasteiger partial charge in [-0.15, -0.1) is 5.10 Å². The Morgan fingerprint density at radius 2 is 2.37 bits per heavy atom. The zero-order chi connectivity index (χ0) is 13.4. The number of ether oxygens (including phenoxy) is 1. The van der Waals surface area contributed by atoms with Crippen molar-refractivity contribution in [3.05, 3.63) is 29.3 Å². The number of fused-ring (bicyclic) bond motifs is 3. The van der Waals surface area contributed by atoms with E-state index in [1.54, 1.807) is 16.4 Å². The molecule has 4 nitrogen and oxygen atoms in total. The highest BCUT2D eigenvalue weighted by Gasteiger charge is 2.21. The first-order valence-electron chi connectivity index (χ1n) is 5.89. The lowest BCUT2D eigenvalue weighted by Gasteiger charge is -2.05. The van der Waals surface area contributed by atoms with Gasteiger partial charge in [-0.05, 0) is 24.0 Å². The van der Waals surface area contributed by atoms with Crippen LogP contribution in [0.25, 0.3) is 17.1 Å². The minimum atomic E-state index is 0.418. The fourth-order valence-electron chi connectivity index (χ4n) is 1.90. The first-order chi connectivity index (χ1) is 9.19. The topological polar surface area (TPSA) is 39.9 Å². The van der Waals surface area contributed by atoms with Crippen LogP contribution in [0.4, 0.5) is 0 Å². The van der Waals surface area contributed by atoms with Crippen LogP contribution in [-0.4, -0.2) is 27.1 Å². The van der Waals surface area contributed by atoms with E-state index in [4.69, 9.17) is 4.74 Å². The lowest BCUT2D eigenvalue weighted by atomic mass is 10.2. The Morgan fingerprint density at radius 1 is 1.53 bits per heavy atom. The van der Waals surface area contributed by atoms with Crippen molar-refractivity contribution in [2.45, 2.75) is 12.1 Å². The lowest BCUT2D eigenvalue weighted by molar-refractivity contribution is 0.367. The Balaban J connectivity index is 2.20. The van der Waals surface area contributed by atoms with Gasteiger partial charge < -0.3 is 4.74 Å². The third kappa shape index (κ3) is 2.30. The predicted molar refractivity (Wildman–Crippen MR) is 80.4 cm³/mol. The van der Waals surface area contributed by atoms with Gasteiger partial charge in [-0.25, -0.2) is 9.67 Å². The molecule has 1 aromatic heterocycles. The second kappa shape index (κ2) is 5.02. The highest BCUT2D eigenvalue weighted by atomic mass is 79.9. The van der Waals surface area contributed by atoms with E-state index >= 15 is 0 Å². The number of rotatable bonds is 2. The molecule has 2 heterocycles. The Kier molecular flexibility index (Phi) is 3.36. The predicted octanol–water partition coefficient (Wildman–Crippen LogP) is 3.68. The number of nitrogens with zero attached hydrogens (tertiary/aromatic N) is 3. The average Bonchev–Trinajstić information content (AvgIpc) is 2.76. The van der Waals surface area contributed by atoms with Crippen molar-refractivity contribution in [3.8, 4) is 17.1 Å². The molecule has 0 aliphatic carbocycles. The number of hydrogen-bond acceptors (Lipinski definition) is 4. The van der Waals surface area contributed by atoms with Crippen molar-refractivity contribution in [1.82, 2.24) is 14.8 Å². The number of benzene rings is 1. The summed E-state index contributed by atoms with van der Waals surface area (Å²) in [5, 5.41) is 5.25. The van der Waals surface area contributed by atoms with Crippen LogP contribution in [0.15, 0.2) is 34.4 Å². The van der Waals surface area contributed by atoms with Crippen molar-refractivity contribution in [2.24, 2.45) is 0 Å². The Hall–Kier alpha value is -1.27. The summed E-state index contributed by atoms with van der Waals surface area (Å²) < 4.78 is 8.49. The molecule has 6 heteroatoms. The fourth-order valence-corrected chi connectivity index (χ4v) is 2.81. The van der Waals surface area contributed by atoms with Gasteiger partial charge in [0.1, 0.15) is 12.4 Å². The minimum absolute atomic E-state index is 0.418. The number of thioether (sulfide) groups is 1. The molecule has 0 saturated carbocycles. The smallest absolute Gasteiger partial charge is 0.209 e. The van der Waals surface area contributed by atoms with Crippen molar-refractivity contribution in [3.63, 3.8) is 0 Å². The highest BCUT2D eigenvalue weighted by molar-refractivity contribution is 9.10. The third-order valence-corrected chi connectivity index (χ3v) is 3.95. The van der Waals surface area contributed by atoms with Crippen LogP contribution in [0.3, 0.4) is 0 Å². The molecular weight excluding hydrogens is 326 g/mol. The molecular formula is C13H12BrN3OS. The van der Waals surface area contributed by atoms with Gasteiger partial charge in [0.2, 0.25) is 5.16 Å². The molecule has 0 amide bonds. The van der Waals surface area contributed by atoms with Crippen molar-refractivity contribution in [1.29, 1.82) is 0 Å². The van der Waals surface area contributed by atoms with Gasteiger partial charge in [0.25, 0.3) is 0 Å². The second-order valence-corrected chi connectivity index (χ2v) is 6.21. The largest absolute Gasteiger partial charge is 0.487 e. The normalized spacial score (nSPS) is 13.5. The maximum atomic E-state index is 5.73. The van der Waals surface area contributed by atoms with E-state index in [9.17, 15) is 0 Å². The van der Waals surface area contributed by atoms with Crippen LogP contribution in [0, 0.1) is 0 Å². The van der Waals surface area contributed by atoms with Crippen molar-refractivity contribution in [2.75, 3.05) is 12.4 Å². The highest BCUT2D eigenvalue weighted by Crippen LogP contribution is 2.36. The van der Waals surface area contributed by atoms with Crippen molar-refractivity contribution >= 4 is 33.4 Å². The van der Waals surface area contributed by atoms with Crippen LogP contribution >= 0.6 is 27.7 Å². The summed E-state index contributed by atoms with van der Waals surface area (Å²) in [6.07, 6.45) is 0. The molecule has 0 atom stereocenters. The van der Waals surface area contributed by atoms with Gasteiger partial charge in [-0.3, -0.25) is 0 Å². The molecule has 0 bridgehead atoms. The average molecular weight is 338 g/mol. The first-order valence-corrected chi connectivity index (χ1v) is 7.67. The van der Waals surface area contributed by atoms with Crippen LogP contribution in [-0.2, 0) is 0 Å². The number of hydrogen-bond donors (Lipinski definition) is 0. The summed E-state index contributed by atoms with van der Waals surface area (Å²) in [6, 6.07) is 5.88. The monoisotopic (exact) mass is 337 g/mol. The zero-order valence-electron chi connectivity index (χ0n) is 10.4. The van der Waals surface area contributed by atoms with Gasteiger partial charge in [0.15, 0.2) is 5.82 Å². The Bertz CT molecular complexity index is 653. The molecule has 0 saturated heterocycles. The molecule has 1 aliphatic rings. The molecule has 1 aromatic carbocycles. The van der Waals surface area contributed by atoms with Crippen LogP contribution in [0.5, 0.6) is 5.75 Å². The van der Waals surface area contributed by atoms with E-state index < -0.39 is 0 Å². The summed E-state index contributed by atoms with van der Waals surface area (Å²) in [4.78, 5) is 4.59. The first kappa shape index (κ1) is 12.7. The quantitative estimate of drug-likeness (QED) is 0.783. The maximum Gasteiger partial charge on any atom is 0.209 e. The molecule has 19 heavy (non-hydrogen) atoms. The van der Waals surface area contributed by atoms with E-state index in [1.165, 1.54) is 0 Å². The molecule has 1 aliphatic heterocycles. The zero-order valence-corrected chi connectivity index (χ0v) is 12.8. The third-order valence-electron chi connectivity index (χ3n) is 2.74. The van der Waals surface area contributed by atoms with E-state index in [1.807, 2.05) is 18.2 Å². The molecule has 2 aromatic rings. The molecule has 0 unspecified atom stereocenters. The molecule has 98 valence electrons. The van der Waals surface area contributed by atoms with Crippen LogP contribution in [0.2, 0.25) is 0 Å². The molecule has 3 rings (SSSR count). The van der Waals surface area contributed by atoms with Gasteiger partial charge in [0, 0.05) is 4.47 Å². The molecule has 0 fully saturated rings. The van der Waals surface area contributed by atoms with Gasteiger partial charge in [-0.2, -0.15) is 0 Å². The summed E-state index contributed by atoms with van der Waals surface area (Å²) in [5.74, 6) is 2.54. The van der Waals surface area contributed by atoms with E-state index in [0.717, 1.165) is 38.2 Å². The molecule has 0 spiro atoms. The van der Waals surface area contributed by atoms with Gasteiger partial charge >= 0.3 is 0 Å². The fraction of sp³-hybridized carbons (Fsp3) is 0.231. The molecule has 0 N–H and O–H groups in total. The van der Waals surface area contributed by atoms with Crippen LogP contribution < -0.4 is 4.74 Å². The lowest BCUT2D eigenvalue weighted by Crippen LogP contribution is -2.05. The summed E-state index contributed by atoms with van der Waals surface area (Å²) >= 11 is 5.10. The van der Waals surface area contributed by atoms with E-state index in [2.05, 4.69) is 39.5 Å². The van der Waals surface area contributed by atoms with Crippen LogP contribution in [0.1, 0.15) is 6.92 Å². The van der Waals surface area contributed by atoms with Gasteiger partial charge in [0.05, 0.1) is 11.3 Å². The standard InChI is InChI=1S/C13H12BrN3OS/c1-3-19-13-15-12-10-6-9(14)4-5-11(10)18-7-8(2)17(12)16-13/h4-6H,2-3,7H2,1H3. The maximum absolute atomic E-state index is 5.73. The van der Waals surface area contributed by atoms with E-state index in [0.29, 0.717) is 6.61 Å². The Morgan fingerprint density at radius 3 is 3.16 bits per heavy atom. The Labute approximate surface area is 124 Å². The second-order valence-electron chi connectivity index (χ2n) is 4.06. The van der Waals surface area contributed by atoms with Crippen molar-refractivity contribution < 1.29 is 4.74 Å². The minimum Gasteiger partial charge on any atom is -0.487 e. The summed E-state index contributed by atoms with van der Waals surface area (Å²) in [7, 11) is 0. The molecule has 0 radical (unpaired) electrons. The van der Waals surface area contributed by atoms with E-state index in [-0.39, 0.29) is 0 Å². The number of halogens is 1. The summed E-state index contributed by atoms with van der Waals surface area (Å²) in [5.41, 5.74) is 1.72. The van der Waals surface area contributed by atoms with Gasteiger partial charge in [-0.1, -0.05) is 41.2 Å².